The molecule has 0 aliphatic rings. The number of fused-ring (bicyclic) bond motifs is 1. The molecule has 0 spiro atoms. The summed E-state index contributed by atoms with van der Waals surface area (Å²) < 4.78 is 1.87. The summed E-state index contributed by atoms with van der Waals surface area (Å²) in [6, 6.07) is 16.8. The van der Waals surface area contributed by atoms with Crippen LogP contribution in [0, 0.1) is 0 Å². The smallest absolute Gasteiger partial charge is 0.236 e. The van der Waals surface area contributed by atoms with Crippen LogP contribution in [0.3, 0.4) is 0 Å². The fraction of sp³-hybridized carbons (Fsp3) is 0.100. The highest BCUT2D eigenvalue weighted by Crippen LogP contribution is 2.25. The Morgan fingerprint density at radius 1 is 1.07 bits per heavy atom. The molecule has 0 atom stereocenters. The number of ketones is 1. The van der Waals surface area contributed by atoms with E-state index >= 15 is 0 Å². The SMILES string of the molecule is O=C(CSc1nc2ccccc2n1CC(=O)c1ccccc1)Nc1nccs1. The van der Waals surface area contributed by atoms with Gasteiger partial charge in [0, 0.05) is 17.1 Å². The van der Waals surface area contributed by atoms with E-state index in [0.29, 0.717) is 15.9 Å². The number of imidazole rings is 1. The second-order valence-corrected chi connectivity index (χ2v) is 7.77. The number of amides is 1. The van der Waals surface area contributed by atoms with Crippen LogP contribution in [-0.2, 0) is 11.3 Å². The first-order chi connectivity index (χ1) is 13.7. The minimum atomic E-state index is -0.159. The van der Waals surface area contributed by atoms with Crippen molar-refractivity contribution in [1.82, 2.24) is 14.5 Å². The zero-order chi connectivity index (χ0) is 19.3. The first-order valence-corrected chi connectivity index (χ1v) is 10.4. The molecule has 1 amide bonds. The maximum Gasteiger partial charge on any atom is 0.236 e. The lowest BCUT2D eigenvalue weighted by Gasteiger charge is -2.08. The standard InChI is InChI=1S/C20H16N4O2S2/c25-17(14-6-2-1-3-7-14)12-24-16-9-5-4-8-15(16)22-20(24)28-13-18(26)23-19-21-10-11-27-19/h1-11H,12-13H2,(H,21,23,26). The fourth-order valence-corrected chi connectivity index (χ4v) is 4.11. The third-order valence-corrected chi connectivity index (χ3v) is 5.69. The van der Waals surface area contributed by atoms with Gasteiger partial charge in [-0.1, -0.05) is 54.2 Å². The molecular weight excluding hydrogens is 392 g/mol. The lowest BCUT2D eigenvalue weighted by Crippen LogP contribution is -2.15. The number of thioether (sulfide) groups is 1. The van der Waals surface area contributed by atoms with Crippen LogP contribution in [0.2, 0.25) is 0 Å². The number of hydrogen-bond acceptors (Lipinski definition) is 6. The maximum absolute atomic E-state index is 12.7. The number of thiazole rings is 1. The third kappa shape index (κ3) is 4.13. The van der Waals surface area contributed by atoms with E-state index in [1.54, 1.807) is 23.7 Å². The molecular formula is C20H16N4O2S2. The van der Waals surface area contributed by atoms with Gasteiger partial charge in [-0.2, -0.15) is 0 Å². The molecule has 0 fully saturated rings. The van der Waals surface area contributed by atoms with Crippen LogP contribution in [0.1, 0.15) is 10.4 Å². The Kier molecular flexibility index (Phi) is 5.50. The number of carbonyl (C=O) groups is 2. The third-order valence-electron chi connectivity index (χ3n) is 4.03. The van der Waals surface area contributed by atoms with Gasteiger partial charge in [-0.3, -0.25) is 9.59 Å². The monoisotopic (exact) mass is 408 g/mol. The van der Waals surface area contributed by atoms with Crippen molar-refractivity contribution >= 4 is 51.0 Å². The maximum atomic E-state index is 12.7. The van der Waals surface area contributed by atoms with Crippen molar-refractivity contribution in [1.29, 1.82) is 0 Å². The summed E-state index contributed by atoms with van der Waals surface area (Å²) in [5.41, 5.74) is 2.32. The molecule has 0 unspecified atom stereocenters. The van der Waals surface area contributed by atoms with Crippen LogP contribution in [0.4, 0.5) is 5.13 Å². The van der Waals surface area contributed by atoms with Gasteiger partial charge in [-0.05, 0) is 12.1 Å². The number of nitrogens with one attached hydrogen (secondary N) is 1. The van der Waals surface area contributed by atoms with Crippen molar-refractivity contribution in [2.45, 2.75) is 11.7 Å². The van der Waals surface area contributed by atoms with E-state index in [-0.39, 0.29) is 24.0 Å². The van der Waals surface area contributed by atoms with E-state index in [2.05, 4.69) is 15.3 Å². The van der Waals surface area contributed by atoms with Gasteiger partial charge in [0.2, 0.25) is 5.91 Å². The van der Waals surface area contributed by atoms with Gasteiger partial charge in [0.1, 0.15) is 0 Å². The Balaban J connectivity index is 1.55. The van der Waals surface area contributed by atoms with E-state index in [0.717, 1.165) is 11.0 Å². The average molecular weight is 409 g/mol. The molecule has 4 aromatic rings. The highest BCUT2D eigenvalue weighted by Gasteiger charge is 2.16. The van der Waals surface area contributed by atoms with Crippen molar-refractivity contribution in [3.63, 3.8) is 0 Å². The normalized spacial score (nSPS) is 10.9. The Labute approximate surface area is 169 Å². The van der Waals surface area contributed by atoms with Crippen molar-refractivity contribution < 1.29 is 9.59 Å². The second-order valence-electron chi connectivity index (χ2n) is 5.93. The molecule has 8 heteroatoms. The fourth-order valence-electron chi connectivity index (χ4n) is 2.75. The van der Waals surface area contributed by atoms with Crippen molar-refractivity contribution in [3.8, 4) is 0 Å². The number of aromatic nitrogens is 3. The zero-order valence-electron chi connectivity index (χ0n) is 14.7. The molecule has 2 aromatic carbocycles. The first-order valence-electron chi connectivity index (χ1n) is 8.56. The molecule has 4 rings (SSSR count). The van der Waals surface area contributed by atoms with Gasteiger partial charge in [0.15, 0.2) is 16.1 Å². The predicted molar refractivity (Wildman–Crippen MR) is 112 cm³/mol. The lowest BCUT2D eigenvalue weighted by molar-refractivity contribution is -0.113. The van der Waals surface area contributed by atoms with E-state index in [1.165, 1.54) is 23.1 Å². The van der Waals surface area contributed by atoms with E-state index in [9.17, 15) is 9.59 Å². The number of para-hydroxylation sites is 2. The summed E-state index contributed by atoms with van der Waals surface area (Å²) >= 11 is 2.67. The van der Waals surface area contributed by atoms with E-state index < -0.39 is 0 Å². The van der Waals surface area contributed by atoms with Crippen LogP contribution in [0.5, 0.6) is 0 Å². The summed E-state index contributed by atoms with van der Waals surface area (Å²) in [4.78, 5) is 33.6. The Hall–Kier alpha value is -2.97. The van der Waals surface area contributed by atoms with Gasteiger partial charge in [0.05, 0.1) is 23.3 Å². The topological polar surface area (TPSA) is 76.9 Å². The Morgan fingerprint density at radius 3 is 2.64 bits per heavy atom. The lowest BCUT2D eigenvalue weighted by atomic mass is 10.1. The molecule has 6 nitrogen and oxygen atoms in total. The van der Waals surface area contributed by atoms with Gasteiger partial charge < -0.3 is 9.88 Å². The molecule has 1 N–H and O–H groups in total. The molecule has 140 valence electrons. The first kappa shape index (κ1) is 18.4. The van der Waals surface area contributed by atoms with Crippen LogP contribution in [0.15, 0.2) is 71.3 Å². The molecule has 2 heterocycles. The van der Waals surface area contributed by atoms with E-state index in [4.69, 9.17) is 0 Å². The van der Waals surface area contributed by atoms with E-state index in [1.807, 2.05) is 47.0 Å². The molecule has 0 radical (unpaired) electrons. The molecule has 0 saturated heterocycles. The Bertz CT molecular complexity index is 1110. The summed E-state index contributed by atoms with van der Waals surface area (Å²) in [5.74, 6) is 0.0217. The number of nitrogens with zero attached hydrogens (tertiary/aromatic N) is 3. The molecule has 0 aliphatic carbocycles. The number of anilines is 1. The number of benzene rings is 2. The van der Waals surface area contributed by atoms with Crippen molar-refractivity contribution in [2.24, 2.45) is 0 Å². The van der Waals surface area contributed by atoms with Crippen LogP contribution in [0.25, 0.3) is 11.0 Å². The highest BCUT2D eigenvalue weighted by molar-refractivity contribution is 7.99. The summed E-state index contributed by atoms with van der Waals surface area (Å²) in [6.07, 6.45) is 1.64. The highest BCUT2D eigenvalue weighted by atomic mass is 32.2. The predicted octanol–water partition coefficient (Wildman–Crippen LogP) is 4.11. The second kappa shape index (κ2) is 8.37. The summed E-state index contributed by atoms with van der Waals surface area (Å²) in [7, 11) is 0. The van der Waals surface area contributed by atoms with Crippen LogP contribution in [-0.4, -0.2) is 32.0 Å². The number of rotatable bonds is 7. The number of Topliss-reactive ketones (excluding diaryl/α,β-unsaturated/α-hetero) is 1. The molecule has 0 saturated carbocycles. The molecule has 0 aliphatic heterocycles. The molecule has 2 aromatic heterocycles. The van der Waals surface area contributed by atoms with Crippen molar-refractivity contribution in [2.75, 3.05) is 11.1 Å². The minimum absolute atomic E-state index is 0.00200. The number of hydrogen-bond donors (Lipinski definition) is 1. The van der Waals surface area contributed by atoms with Crippen molar-refractivity contribution in [3.05, 3.63) is 71.7 Å². The van der Waals surface area contributed by atoms with Crippen LogP contribution >= 0.6 is 23.1 Å². The zero-order valence-corrected chi connectivity index (χ0v) is 16.4. The van der Waals surface area contributed by atoms with Gasteiger partial charge in [0.25, 0.3) is 0 Å². The summed E-state index contributed by atoms with van der Waals surface area (Å²) in [5, 5.41) is 5.77. The molecule has 28 heavy (non-hydrogen) atoms. The summed E-state index contributed by atoms with van der Waals surface area (Å²) in [6.45, 7) is 0.168. The van der Waals surface area contributed by atoms with Gasteiger partial charge in [-0.25, -0.2) is 9.97 Å². The van der Waals surface area contributed by atoms with Crippen LogP contribution < -0.4 is 5.32 Å². The largest absolute Gasteiger partial charge is 0.311 e. The van der Waals surface area contributed by atoms with Gasteiger partial charge in [-0.15, -0.1) is 11.3 Å². The quantitative estimate of drug-likeness (QED) is 0.368. The minimum Gasteiger partial charge on any atom is -0.311 e. The molecule has 0 bridgehead atoms. The number of carbonyl (C=O) groups excluding carboxylic acids is 2. The Morgan fingerprint density at radius 2 is 1.86 bits per heavy atom. The van der Waals surface area contributed by atoms with Gasteiger partial charge >= 0.3 is 0 Å². The average Bonchev–Trinajstić information content (AvgIpc) is 3.35.